The number of aliphatic imine (C=N–C) groups is 1. The van der Waals surface area contributed by atoms with E-state index in [1.807, 2.05) is 25.1 Å². The molecule has 1 aromatic carbocycles. The fraction of sp³-hybridized carbons (Fsp3) is 0.500. The van der Waals surface area contributed by atoms with Crippen molar-refractivity contribution in [1.82, 2.24) is 10.6 Å². The van der Waals surface area contributed by atoms with Crippen LogP contribution in [-0.4, -0.2) is 52.4 Å². The molecular weight excluding hydrogens is 431 g/mol. The highest BCUT2D eigenvalue weighted by atomic mass is 127. The number of nitrogens with one attached hydrogen (secondary N) is 2. The van der Waals surface area contributed by atoms with E-state index < -0.39 is 0 Å². The highest BCUT2D eigenvalue weighted by Gasteiger charge is 2.24. The van der Waals surface area contributed by atoms with Crippen LogP contribution in [0.15, 0.2) is 23.2 Å². The molecule has 2 rings (SSSR count). The molecule has 1 atom stereocenters. The SMILES string of the molecule is C#CCN=C(NCC)NC1CCN(c2cc(OC)cc(OC)c2)C1.I. The lowest BCUT2D eigenvalue weighted by atomic mass is 10.2. The van der Waals surface area contributed by atoms with E-state index in [4.69, 9.17) is 15.9 Å². The van der Waals surface area contributed by atoms with Gasteiger partial charge in [0.25, 0.3) is 0 Å². The first-order valence-electron chi connectivity index (χ1n) is 8.16. The number of ether oxygens (including phenoxy) is 2. The summed E-state index contributed by atoms with van der Waals surface area (Å²) in [6.45, 7) is 5.06. The molecule has 2 N–H and O–H groups in total. The monoisotopic (exact) mass is 458 g/mol. The van der Waals surface area contributed by atoms with Crippen LogP contribution in [0.2, 0.25) is 0 Å². The first-order chi connectivity index (χ1) is 11.7. The molecule has 1 heterocycles. The van der Waals surface area contributed by atoms with Crippen molar-refractivity contribution in [3.05, 3.63) is 18.2 Å². The second kappa shape index (κ2) is 10.9. The van der Waals surface area contributed by atoms with Crippen LogP contribution in [0.4, 0.5) is 5.69 Å². The molecule has 1 aromatic rings. The van der Waals surface area contributed by atoms with Crippen molar-refractivity contribution in [1.29, 1.82) is 0 Å². The predicted octanol–water partition coefficient (Wildman–Crippen LogP) is 2.09. The third kappa shape index (κ3) is 6.20. The van der Waals surface area contributed by atoms with Crippen LogP contribution in [-0.2, 0) is 0 Å². The number of terminal acetylenes is 1. The Morgan fingerprint density at radius 2 is 2.00 bits per heavy atom. The Labute approximate surface area is 167 Å². The van der Waals surface area contributed by atoms with Crippen LogP contribution < -0.4 is 25.0 Å². The molecule has 0 saturated carbocycles. The summed E-state index contributed by atoms with van der Waals surface area (Å²) in [5.74, 6) is 4.90. The Hall–Kier alpha value is -1.82. The summed E-state index contributed by atoms with van der Waals surface area (Å²) in [7, 11) is 3.33. The summed E-state index contributed by atoms with van der Waals surface area (Å²) in [4.78, 5) is 6.66. The maximum absolute atomic E-state index is 5.35. The van der Waals surface area contributed by atoms with E-state index >= 15 is 0 Å². The van der Waals surface area contributed by atoms with Gasteiger partial charge in [-0.25, -0.2) is 4.99 Å². The van der Waals surface area contributed by atoms with Gasteiger partial charge in [0.05, 0.1) is 14.2 Å². The molecule has 0 aromatic heterocycles. The molecule has 0 bridgehead atoms. The predicted molar refractivity (Wildman–Crippen MR) is 114 cm³/mol. The van der Waals surface area contributed by atoms with Crippen LogP contribution in [0.25, 0.3) is 0 Å². The Morgan fingerprint density at radius 3 is 2.56 bits per heavy atom. The van der Waals surface area contributed by atoms with E-state index in [0.29, 0.717) is 12.6 Å². The fourth-order valence-corrected chi connectivity index (χ4v) is 2.73. The van der Waals surface area contributed by atoms with Crippen molar-refractivity contribution in [3.63, 3.8) is 0 Å². The van der Waals surface area contributed by atoms with E-state index in [0.717, 1.165) is 49.2 Å². The van der Waals surface area contributed by atoms with Gasteiger partial charge in [0, 0.05) is 49.6 Å². The van der Waals surface area contributed by atoms with Gasteiger partial charge < -0.3 is 25.0 Å². The summed E-state index contributed by atoms with van der Waals surface area (Å²) < 4.78 is 10.7. The van der Waals surface area contributed by atoms with Crippen molar-refractivity contribution in [3.8, 4) is 23.8 Å². The van der Waals surface area contributed by atoms with Crippen molar-refractivity contribution < 1.29 is 9.47 Å². The number of rotatable bonds is 6. The fourth-order valence-electron chi connectivity index (χ4n) is 2.73. The molecule has 1 aliphatic rings. The van der Waals surface area contributed by atoms with Crippen LogP contribution >= 0.6 is 24.0 Å². The largest absolute Gasteiger partial charge is 0.497 e. The maximum Gasteiger partial charge on any atom is 0.192 e. The number of benzene rings is 1. The first-order valence-corrected chi connectivity index (χ1v) is 8.16. The summed E-state index contributed by atoms with van der Waals surface area (Å²) in [6.07, 6.45) is 6.32. The smallest absolute Gasteiger partial charge is 0.192 e. The lowest BCUT2D eigenvalue weighted by Crippen LogP contribution is -2.44. The molecular formula is C18H27IN4O2. The second-order valence-electron chi connectivity index (χ2n) is 5.55. The number of anilines is 1. The molecule has 1 fully saturated rings. The molecule has 25 heavy (non-hydrogen) atoms. The number of halogens is 1. The molecule has 0 aliphatic carbocycles. The Kier molecular flexibility index (Phi) is 9.27. The second-order valence-corrected chi connectivity index (χ2v) is 5.55. The van der Waals surface area contributed by atoms with Crippen LogP contribution in [0.5, 0.6) is 11.5 Å². The molecule has 1 aliphatic heterocycles. The summed E-state index contributed by atoms with van der Waals surface area (Å²) in [6, 6.07) is 6.26. The van der Waals surface area contributed by atoms with Crippen LogP contribution in [0.3, 0.4) is 0 Å². The van der Waals surface area contributed by atoms with Gasteiger partial charge in [0.1, 0.15) is 18.0 Å². The lowest BCUT2D eigenvalue weighted by Gasteiger charge is -2.21. The summed E-state index contributed by atoms with van der Waals surface area (Å²) in [5.41, 5.74) is 1.10. The molecule has 0 amide bonds. The molecule has 1 saturated heterocycles. The summed E-state index contributed by atoms with van der Waals surface area (Å²) >= 11 is 0. The maximum atomic E-state index is 5.35. The van der Waals surface area contributed by atoms with Crippen LogP contribution in [0.1, 0.15) is 13.3 Å². The number of nitrogens with zero attached hydrogens (tertiary/aromatic N) is 2. The van der Waals surface area contributed by atoms with Crippen molar-refractivity contribution in [2.75, 3.05) is 45.3 Å². The highest BCUT2D eigenvalue weighted by Crippen LogP contribution is 2.30. The minimum absolute atomic E-state index is 0. The molecule has 0 spiro atoms. The zero-order chi connectivity index (χ0) is 17.4. The molecule has 7 heteroatoms. The normalized spacial score (nSPS) is 16.6. The number of hydrogen-bond acceptors (Lipinski definition) is 4. The Balaban J connectivity index is 0.00000312. The van der Waals surface area contributed by atoms with Crippen molar-refractivity contribution in [2.24, 2.45) is 4.99 Å². The van der Waals surface area contributed by atoms with Gasteiger partial charge in [-0.15, -0.1) is 30.4 Å². The van der Waals surface area contributed by atoms with E-state index in [-0.39, 0.29) is 24.0 Å². The lowest BCUT2D eigenvalue weighted by molar-refractivity contribution is 0.394. The third-order valence-corrected chi connectivity index (χ3v) is 3.90. The average molecular weight is 458 g/mol. The van der Waals surface area contributed by atoms with Gasteiger partial charge in [-0.3, -0.25) is 0 Å². The van der Waals surface area contributed by atoms with Gasteiger partial charge in [0.2, 0.25) is 0 Å². The number of guanidine groups is 1. The van der Waals surface area contributed by atoms with Gasteiger partial charge in [-0.05, 0) is 13.3 Å². The third-order valence-electron chi connectivity index (χ3n) is 3.90. The Morgan fingerprint density at radius 1 is 1.32 bits per heavy atom. The van der Waals surface area contributed by atoms with E-state index in [1.165, 1.54) is 0 Å². The molecule has 1 unspecified atom stereocenters. The van der Waals surface area contributed by atoms with Gasteiger partial charge in [-0.2, -0.15) is 0 Å². The topological polar surface area (TPSA) is 58.1 Å². The standard InChI is InChI=1S/C18H26N4O2.HI/c1-5-8-20-18(19-6-2)21-14-7-9-22(13-14)15-10-16(23-3)12-17(11-15)24-4;/h1,10-12,14H,6-9,13H2,2-4H3,(H2,19,20,21);1H. The van der Waals surface area contributed by atoms with Crippen LogP contribution in [0, 0.1) is 12.3 Å². The van der Waals surface area contributed by atoms with Gasteiger partial charge in [0.15, 0.2) is 5.96 Å². The van der Waals surface area contributed by atoms with E-state index in [9.17, 15) is 0 Å². The van der Waals surface area contributed by atoms with E-state index in [1.54, 1.807) is 14.2 Å². The van der Waals surface area contributed by atoms with Gasteiger partial charge in [-0.1, -0.05) is 5.92 Å². The zero-order valence-electron chi connectivity index (χ0n) is 15.0. The molecule has 0 radical (unpaired) electrons. The molecule has 138 valence electrons. The zero-order valence-corrected chi connectivity index (χ0v) is 17.4. The number of methoxy groups -OCH3 is 2. The average Bonchev–Trinajstić information content (AvgIpc) is 3.08. The molecule has 6 nitrogen and oxygen atoms in total. The summed E-state index contributed by atoms with van der Waals surface area (Å²) in [5, 5.41) is 6.67. The number of hydrogen-bond donors (Lipinski definition) is 2. The van der Waals surface area contributed by atoms with E-state index in [2.05, 4.69) is 26.4 Å². The quantitative estimate of drug-likeness (QED) is 0.296. The minimum atomic E-state index is 0. The van der Waals surface area contributed by atoms with Crippen molar-refractivity contribution >= 4 is 35.6 Å². The highest BCUT2D eigenvalue weighted by molar-refractivity contribution is 14.0. The van der Waals surface area contributed by atoms with Crippen molar-refractivity contribution in [2.45, 2.75) is 19.4 Å². The Bertz CT molecular complexity index is 593. The first kappa shape index (κ1) is 21.2. The minimum Gasteiger partial charge on any atom is -0.497 e. The van der Waals surface area contributed by atoms with Gasteiger partial charge >= 0.3 is 0 Å².